The van der Waals surface area contributed by atoms with E-state index in [1.807, 2.05) is 211 Å². The maximum Gasteiger partial charge on any atom is 0.228 e. The molecule has 0 spiro atoms. The number of hydrogen-bond donors (Lipinski definition) is 4. The van der Waals surface area contributed by atoms with Gasteiger partial charge in [-0.3, -0.25) is 19.2 Å². The lowest BCUT2D eigenvalue weighted by molar-refractivity contribution is -0.115. The Bertz CT molecular complexity index is 1670. The molecule has 4 aliphatic heterocycles. The molecule has 8 nitrogen and oxygen atoms in total. The molecule has 4 aliphatic rings. The second kappa shape index (κ2) is 38.0. The molecule has 0 aromatic heterocycles. The number of aryl methyl sites for hydroxylation is 4. The summed E-state index contributed by atoms with van der Waals surface area (Å²) in [6.07, 6.45) is 2.16. The van der Waals surface area contributed by atoms with Gasteiger partial charge in [0, 0.05) is 22.7 Å². The zero-order valence-electron chi connectivity index (χ0n) is 41.4. The van der Waals surface area contributed by atoms with E-state index in [0.717, 1.165) is 50.6 Å². The third-order valence-corrected chi connectivity index (χ3v) is 7.77. The van der Waals surface area contributed by atoms with Gasteiger partial charge in [0.2, 0.25) is 23.6 Å². The third kappa shape index (κ3) is 21.7. The molecule has 8 rings (SSSR count). The molecule has 0 radical (unpaired) electrons. The SMILES string of the molecule is CC.CC.CC.CC.CC.CC.CC.CC.Cc1ccc2c(c1)CC(=O)N2.Cc1ccc2c(c1)NC(=O)C2.Cc1cccc2c1CC(=O)N2.Cc1cccc2c1NC(=O)C2. The molecule has 8 heteroatoms. The van der Waals surface area contributed by atoms with Crippen molar-refractivity contribution in [1.82, 2.24) is 0 Å². The highest BCUT2D eigenvalue weighted by Crippen LogP contribution is 2.27. The maximum absolute atomic E-state index is 10.9. The van der Waals surface area contributed by atoms with E-state index in [0.29, 0.717) is 25.7 Å². The van der Waals surface area contributed by atoms with Crippen molar-refractivity contribution in [3.63, 3.8) is 0 Å². The number of hydrogen-bond acceptors (Lipinski definition) is 4. The first kappa shape index (κ1) is 61.4. The normalized spacial score (nSPS) is 11.4. The van der Waals surface area contributed by atoms with Crippen LogP contribution in [0.25, 0.3) is 0 Å². The number of anilines is 4. The minimum Gasteiger partial charge on any atom is -0.326 e. The number of carbonyl (C=O) groups is 4. The maximum atomic E-state index is 10.9. The van der Waals surface area contributed by atoms with E-state index in [2.05, 4.69) is 21.3 Å². The lowest BCUT2D eigenvalue weighted by Crippen LogP contribution is -2.04. The van der Waals surface area contributed by atoms with Gasteiger partial charge < -0.3 is 21.3 Å². The minimum absolute atomic E-state index is 0.102. The number of para-hydroxylation sites is 1. The summed E-state index contributed by atoms with van der Waals surface area (Å²) in [5, 5.41) is 11.2. The van der Waals surface area contributed by atoms with Crippen LogP contribution >= 0.6 is 0 Å². The zero-order chi connectivity index (χ0) is 47.4. The molecule has 0 saturated carbocycles. The summed E-state index contributed by atoms with van der Waals surface area (Å²) in [6, 6.07) is 23.9. The molecule has 0 atom stereocenters. The highest BCUT2D eigenvalue weighted by atomic mass is 16.2. The highest BCUT2D eigenvalue weighted by molar-refractivity contribution is 6.01. The molecule has 4 N–H and O–H groups in total. The zero-order valence-corrected chi connectivity index (χ0v) is 41.4. The van der Waals surface area contributed by atoms with Gasteiger partial charge >= 0.3 is 0 Å². The van der Waals surface area contributed by atoms with Gasteiger partial charge in [-0.15, -0.1) is 0 Å². The summed E-state index contributed by atoms with van der Waals surface area (Å²) in [4.78, 5) is 43.7. The van der Waals surface area contributed by atoms with Crippen LogP contribution in [0.4, 0.5) is 22.7 Å². The monoisotopic (exact) mass is 829 g/mol. The minimum atomic E-state index is 0.102. The van der Waals surface area contributed by atoms with Crippen LogP contribution in [-0.2, 0) is 44.9 Å². The molecule has 4 amide bonds. The summed E-state index contributed by atoms with van der Waals surface area (Å²) in [5.41, 5.74) is 13.2. The van der Waals surface area contributed by atoms with Gasteiger partial charge in [0.15, 0.2) is 0 Å². The quantitative estimate of drug-likeness (QED) is 0.141. The number of nitrogens with one attached hydrogen (secondary N) is 4. The number of amides is 4. The summed E-state index contributed by atoms with van der Waals surface area (Å²) >= 11 is 0. The number of carbonyl (C=O) groups excluding carboxylic acids is 4. The first-order valence-electron chi connectivity index (χ1n) is 22.6. The van der Waals surface area contributed by atoms with E-state index in [9.17, 15) is 19.2 Å². The van der Waals surface area contributed by atoms with Crippen LogP contribution in [0, 0.1) is 27.7 Å². The van der Waals surface area contributed by atoms with Crippen LogP contribution in [0.15, 0.2) is 72.8 Å². The second-order valence-corrected chi connectivity index (χ2v) is 11.4. The van der Waals surface area contributed by atoms with E-state index in [1.54, 1.807) is 0 Å². The third-order valence-electron chi connectivity index (χ3n) is 7.77. The Kier molecular flexibility index (Phi) is 38.9. The van der Waals surface area contributed by atoms with Crippen molar-refractivity contribution in [2.45, 2.75) is 164 Å². The van der Waals surface area contributed by atoms with E-state index in [4.69, 9.17) is 0 Å². The van der Waals surface area contributed by atoms with E-state index < -0.39 is 0 Å². The Labute approximate surface area is 367 Å². The highest BCUT2D eigenvalue weighted by Gasteiger charge is 2.19. The Hall–Kier alpha value is -5.24. The summed E-state index contributed by atoms with van der Waals surface area (Å²) in [6.45, 7) is 40.1. The molecule has 4 aromatic carbocycles. The molecule has 0 saturated heterocycles. The van der Waals surface area contributed by atoms with Gasteiger partial charge in [0.25, 0.3) is 0 Å². The van der Waals surface area contributed by atoms with Crippen LogP contribution in [0.5, 0.6) is 0 Å². The second-order valence-electron chi connectivity index (χ2n) is 11.4. The van der Waals surface area contributed by atoms with Crippen molar-refractivity contribution in [1.29, 1.82) is 0 Å². The molecule has 4 heterocycles. The number of rotatable bonds is 0. The Morgan fingerprint density at radius 2 is 0.767 bits per heavy atom. The largest absolute Gasteiger partial charge is 0.326 e. The molecule has 336 valence electrons. The number of fused-ring (bicyclic) bond motifs is 4. The standard InChI is InChI=1S/4C9H9NO.8C2H6/c1-6-2-3-8-7(4-6)5-9(11)10-8;1-6-2-3-7-5-9(11)10-8(7)4-6;1-6-3-2-4-8-7(6)5-9(11)10-8;1-6-3-2-4-7-5-8(11)10-9(6)7;8*1-2/h4*2-4H,5H2,1H3,(H,10,11);8*1-2H3. The van der Waals surface area contributed by atoms with E-state index >= 15 is 0 Å². The predicted molar refractivity (Wildman–Crippen MR) is 265 cm³/mol. The van der Waals surface area contributed by atoms with Gasteiger partial charge in [-0.1, -0.05) is 171 Å². The van der Waals surface area contributed by atoms with Crippen LogP contribution in [0.1, 0.15) is 155 Å². The average molecular weight is 829 g/mol. The van der Waals surface area contributed by atoms with Crippen molar-refractivity contribution < 1.29 is 19.2 Å². The van der Waals surface area contributed by atoms with Crippen molar-refractivity contribution in [3.05, 3.63) is 117 Å². The summed E-state index contributed by atoms with van der Waals surface area (Å²) < 4.78 is 0. The first-order chi connectivity index (χ1) is 29.0. The van der Waals surface area contributed by atoms with Crippen LogP contribution in [0.2, 0.25) is 0 Å². The lowest BCUT2D eigenvalue weighted by Gasteiger charge is -2.00. The van der Waals surface area contributed by atoms with Gasteiger partial charge in [0.05, 0.1) is 25.7 Å². The van der Waals surface area contributed by atoms with Crippen molar-refractivity contribution >= 4 is 46.4 Å². The van der Waals surface area contributed by atoms with E-state index in [1.165, 1.54) is 16.7 Å². The van der Waals surface area contributed by atoms with Crippen LogP contribution in [0.3, 0.4) is 0 Å². The summed E-state index contributed by atoms with van der Waals surface area (Å²) in [7, 11) is 0. The molecule has 0 aliphatic carbocycles. The molecule has 0 fully saturated rings. The topological polar surface area (TPSA) is 116 Å². The van der Waals surface area contributed by atoms with Crippen molar-refractivity contribution in [2.75, 3.05) is 21.3 Å². The lowest BCUT2D eigenvalue weighted by atomic mass is 10.1. The molecular formula is C52H84N4O4. The fourth-order valence-electron chi connectivity index (χ4n) is 5.51. The van der Waals surface area contributed by atoms with Crippen molar-refractivity contribution in [3.8, 4) is 0 Å². The number of benzene rings is 4. The summed E-state index contributed by atoms with van der Waals surface area (Å²) in [5.74, 6) is 0.416. The van der Waals surface area contributed by atoms with Gasteiger partial charge in [0.1, 0.15) is 0 Å². The van der Waals surface area contributed by atoms with E-state index in [-0.39, 0.29) is 23.6 Å². The Morgan fingerprint density at radius 3 is 1.32 bits per heavy atom. The molecule has 60 heavy (non-hydrogen) atoms. The van der Waals surface area contributed by atoms with Gasteiger partial charge in [-0.05, 0) is 84.8 Å². The van der Waals surface area contributed by atoms with Gasteiger partial charge in [-0.2, -0.15) is 0 Å². The molecule has 0 unspecified atom stereocenters. The fourth-order valence-corrected chi connectivity index (χ4v) is 5.51. The average Bonchev–Trinajstić information content (AvgIpc) is 4.08. The Morgan fingerprint density at radius 1 is 0.350 bits per heavy atom. The first-order valence-corrected chi connectivity index (χ1v) is 22.6. The molecule has 0 bridgehead atoms. The molecule has 4 aromatic rings. The van der Waals surface area contributed by atoms with Crippen molar-refractivity contribution in [2.24, 2.45) is 0 Å². The fraction of sp³-hybridized carbons (Fsp3) is 0.462. The van der Waals surface area contributed by atoms with Crippen LogP contribution < -0.4 is 21.3 Å². The Balaban J connectivity index is -0.000000313. The predicted octanol–water partition coefficient (Wildman–Crippen LogP) is 14.2. The van der Waals surface area contributed by atoms with Gasteiger partial charge in [-0.25, -0.2) is 0 Å². The van der Waals surface area contributed by atoms with Crippen LogP contribution in [-0.4, -0.2) is 23.6 Å². The molecular weight excluding hydrogens is 745 g/mol. The smallest absolute Gasteiger partial charge is 0.228 e.